The summed E-state index contributed by atoms with van der Waals surface area (Å²) in [7, 11) is 0. The van der Waals surface area contributed by atoms with Gasteiger partial charge in [0.2, 0.25) is 0 Å². The van der Waals surface area contributed by atoms with Gasteiger partial charge in [-0.15, -0.1) is 12.4 Å². The molecule has 0 saturated carbocycles. The van der Waals surface area contributed by atoms with E-state index in [1.165, 1.54) is 0 Å². The summed E-state index contributed by atoms with van der Waals surface area (Å²) in [5.74, 6) is 0. The summed E-state index contributed by atoms with van der Waals surface area (Å²) in [6.07, 6.45) is 0.822. The molecule has 9 heavy (non-hydrogen) atoms. The van der Waals surface area contributed by atoms with E-state index in [2.05, 4.69) is 0 Å². The van der Waals surface area contributed by atoms with Crippen LogP contribution in [0.2, 0.25) is 0 Å². The van der Waals surface area contributed by atoms with Crippen molar-refractivity contribution in [2.75, 3.05) is 6.61 Å². The largest absolute Gasteiger partial charge is 0.389 e. The first-order valence-electron chi connectivity index (χ1n) is 2.86. The second kappa shape index (κ2) is 4.06. The van der Waals surface area contributed by atoms with Crippen molar-refractivity contribution in [1.82, 2.24) is 0 Å². The molecule has 1 rings (SSSR count). The van der Waals surface area contributed by atoms with Gasteiger partial charge in [-0.25, -0.2) is 0 Å². The molecule has 0 radical (unpaired) electrons. The highest BCUT2D eigenvalue weighted by molar-refractivity contribution is 5.85. The molecule has 4 heteroatoms. The molecule has 2 unspecified atom stereocenters. The zero-order chi connectivity index (χ0) is 5.98. The number of rotatable bonds is 0. The minimum absolute atomic E-state index is 0. The summed E-state index contributed by atoms with van der Waals surface area (Å²) in [6.45, 7) is 0.693. The van der Waals surface area contributed by atoms with Gasteiger partial charge < -0.3 is 15.6 Å². The van der Waals surface area contributed by atoms with Gasteiger partial charge in [0.1, 0.15) is 6.23 Å². The predicted octanol–water partition coefficient (Wildman–Crippen LogP) is -0.136. The van der Waals surface area contributed by atoms with Crippen LogP contribution in [0.4, 0.5) is 0 Å². The van der Waals surface area contributed by atoms with E-state index in [1.807, 2.05) is 0 Å². The molecule has 0 aromatic heterocycles. The Bertz CT molecular complexity index is 71.4. The molecule has 0 aliphatic carbocycles. The number of aliphatic hydroxyl groups is 1. The molecular weight excluding hydrogens is 142 g/mol. The van der Waals surface area contributed by atoms with E-state index in [4.69, 9.17) is 15.6 Å². The fraction of sp³-hybridized carbons (Fsp3) is 1.00. The maximum absolute atomic E-state index is 8.93. The number of aliphatic hydroxyl groups excluding tert-OH is 1. The van der Waals surface area contributed by atoms with Crippen LogP contribution in [0.15, 0.2) is 0 Å². The van der Waals surface area contributed by atoms with E-state index in [0.717, 1.165) is 12.8 Å². The Labute approximate surface area is 60.6 Å². The summed E-state index contributed by atoms with van der Waals surface area (Å²) in [4.78, 5) is 0. The molecule has 1 aliphatic heterocycles. The first-order valence-corrected chi connectivity index (χ1v) is 2.86. The Balaban J connectivity index is 0.000000640. The third-order valence-corrected chi connectivity index (χ3v) is 1.33. The highest BCUT2D eigenvalue weighted by Crippen LogP contribution is 2.08. The number of nitrogens with two attached hydrogens (primary N) is 1. The summed E-state index contributed by atoms with van der Waals surface area (Å²) in [5, 5.41) is 8.93. The maximum atomic E-state index is 8.93. The highest BCUT2D eigenvalue weighted by Gasteiger charge is 2.18. The standard InChI is InChI=1S/C5H11NO2.ClH/c6-5-4(7)2-1-3-8-5;/h4-5,7H,1-3,6H2;1H. The zero-order valence-electron chi connectivity index (χ0n) is 5.12. The third kappa shape index (κ3) is 2.49. The number of halogens is 1. The normalized spacial score (nSPS) is 35.3. The van der Waals surface area contributed by atoms with Crippen molar-refractivity contribution in [2.24, 2.45) is 5.73 Å². The average molecular weight is 154 g/mol. The number of hydrogen-bond acceptors (Lipinski definition) is 3. The molecule has 2 atom stereocenters. The molecule has 1 heterocycles. The van der Waals surface area contributed by atoms with E-state index in [1.54, 1.807) is 0 Å². The van der Waals surface area contributed by atoms with E-state index < -0.39 is 12.3 Å². The van der Waals surface area contributed by atoms with Gasteiger partial charge in [-0.05, 0) is 12.8 Å². The number of hydrogen-bond donors (Lipinski definition) is 2. The maximum Gasteiger partial charge on any atom is 0.131 e. The minimum Gasteiger partial charge on any atom is -0.389 e. The van der Waals surface area contributed by atoms with Gasteiger partial charge in [-0.2, -0.15) is 0 Å². The van der Waals surface area contributed by atoms with Crippen LogP contribution in [0.3, 0.4) is 0 Å². The lowest BCUT2D eigenvalue weighted by molar-refractivity contribution is -0.0698. The summed E-state index contributed by atoms with van der Waals surface area (Å²) >= 11 is 0. The Kier molecular flexibility index (Phi) is 4.14. The summed E-state index contributed by atoms with van der Waals surface area (Å²) in [5.41, 5.74) is 5.31. The van der Waals surface area contributed by atoms with Gasteiger partial charge >= 0.3 is 0 Å². The van der Waals surface area contributed by atoms with Crippen molar-refractivity contribution in [1.29, 1.82) is 0 Å². The molecule has 0 aromatic rings. The average Bonchev–Trinajstić information content (AvgIpc) is 1.77. The van der Waals surface area contributed by atoms with Crippen molar-refractivity contribution in [3.63, 3.8) is 0 Å². The minimum atomic E-state index is -0.441. The molecule has 0 bridgehead atoms. The monoisotopic (exact) mass is 153 g/mol. The molecule has 1 saturated heterocycles. The molecule has 0 amide bonds. The lowest BCUT2D eigenvalue weighted by atomic mass is 10.1. The molecule has 1 aliphatic rings. The molecule has 3 nitrogen and oxygen atoms in total. The lowest BCUT2D eigenvalue weighted by Gasteiger charge is -2.23. The van der Waals surface area contributed by atoms with E-state index >= 15 is 0 Å². The van der Waals surface area contributed by atoms with Crippen LogP contribution in [-0.4, -0.2) is 24.0 Å². The zero-order valence-corrected chi connectivity index (χ0v) is 5.93. The molecule has 3 N–H and O–H groups in total. The van der Waals surface area contributed by atoms with Crippen LogP contribution in [-0.2, 0) is 4.74 Å². The van der Waals surface area contributed by atoms with Crippen LogP contribution in [0.25, 0.3) is 0 Å². The first kappa shape index (κ1) is 9.17. The Morgan fingerprint density at radius 2 is 2.22 bits per heavy atom. The fourth-order valence-electron chi connectivity index (χ4n) is 0.787. The third-order valence-electron chi connectivity index (χ3n) is 1.33. The SMILES string of the molecule is Cl.NC1OCCCC1O. The van der Waals surface area contributed by atoms with E-state index in [-0.39, 0.29) is 12.4 Å². The van der Waals surface area contributed by atoms with Crippen molar-refractivity contribution in [2.45, 2.75) is 25.2 Å². The van der Waals surface area contributed by atoms with E-state index in [9.17, 15) is 0 Å². The Morgan fingerprint density at radius 1 is 1.56 bits per heavy atom. The number of ether oxygens (including phenoxy) is 1. The van der Waals surface area contributed by atoms with Crippen molar-refractivity contribution in [3.8, 4) is 0 Å². The van der Waals surface area contributed by atoms with Crippen molar-refractivity contribution in [3.05, 3.63) is 0 Å². The van der Waals surface area contributed by atoms with Crippen LogP contribution < -0.4 is 5.73 Å². The second-order valence-corrected chi connectivity index (χ2v) is 2.04. The van der Waals surface area contributed by atoms with Crippen LogP contribution in [0.5, 0.6) is 0 Å². The smallest absolute Gasteiger partial charge is 0.131 e. The van der Waals surface area contributed by atoms with Crippen LogP contribution >= 0.6 is 12.4 Å². The molecular formula is C5H12ClNO2. The molecule has 0 spiro atoms. The van der Waals surface area contributed by atoms with Gasteiger partial charge in [0, 0.05) is 6.61 Å². The van der Waals surface area contributed by atoms with Crippen molar-refractivity contribution >= 4 is 12.4 Å². The molecule has 0 aromatic carbocycles. The Morgan fingerprint density at radius 3 is 2.56 bits per heavy atom. The Hall–Kier alpha value is 0.170. The van der Waals surface area contributed by atoms with E-state index in [0.29, 0.717) is 6.61 Å². The van der Waals surface area contributed by atoms with Crippen molar-refractivity contribution < 1.29 is 9.84 Å². The summed E-state index contributed by atoms with van der Waals surface area (Å²) in [6, 6.07) is 0. The summed E-state index contributed by atoms with van der Waals surface area (Å²) < 4.78 is 4.92. The fourth-order valence-corrected chi connectivity index (χ4v) is 0.787. The molecule has 1 fully saturated rings. The van der Waals surface area contributed by atoms with Gasteiger partial charge in [0.25, 0.3) is 0 Å². The van der Waals surface area contributed by atoms with Gasteiger partial charge in [-0.1, -0.05) is 0 Å². The van der Waals surface area contributed by atoms with Gasteiger partial charge in [0.15, 0.2) is 0 Å². The quantitative estimate of drug-likeness (QED) is 0.510. The second-order valence-electron chi connectivity index (χ2n) is 2.04. The van der Waals surface area contributed by atoms with Gasteiger partial charge in [-0.3, -0.25) is 0 Å². The predicted molar refractivity (Wildman–Crippen MR) is 36.4 cm³/mol. The molecule has 56 valence electrons. The van der Waals surface area contributed by atoms with Crippen LogP contribution in [0.1, 0.15) is 12.8 Å². The lowest BCUT2D eigenvalue weighted by Crippen LogP contribution is -2.40. The van der Waals surface area contributed by atoms with Crippen LogP contribution in [0, 0.1) is 0 Å². The highest BCUT2D eigenvalue weighted by atomic mass is 35.5. The topological polar surface area (TPSA) is 55.5 Å². The first-order chi connectivity index (χ1) is 3.80. The van der Waals surface area contributed by atoms with Gasteiger partial charge in [0.05, 0.1) is 6.10 Å².